The zero-order valence-electron chi connectivity index (χ0n) is 10.5. The molecule has 0 bridgehead atoms. The molecular formula is C16H18FN. The Kier molecular flexibility index (Phi) is 3.26. The summed E-state index contributed by atoms with van der Waals surface area (Å²) < 4.78 is 12.9. The summed E-state index contributed by atoms with van der Waals surface area (Å²) in [5.74, 6) is 0.435. The van der Waals surface area contributed by atoms with E-state index in [1.807, 2.05) is 12.1 Å². The molecule has 3 rings (SSSR count). The molecule has 1 aromatic rings. The summed E-state index contributed by atoms with van der Waals surface area (Å²) in [6.45, 7) is 0.960. The predicted octanol–water partition coefficient (Wildman–Crippen LogP) is 3.94. The van der Waals surface area contributed by atoms with E-state index in [-0.39, 0.29) is 5.82 Å². The fraction of sp³-hybridized carbons (Fsp3) is 0.438. The van der Waals surface area contributed by atoms with Gasteiger partial charge >= 0.3 is 0 Å². The zero-order valence-corrected chi connectivity index (χ0v) is 10.5. The van der Waals surface area contributed by atoms with Gasteiger partial charge in [0.15, 0.2) is 0 Å². The van der Waals surface area contributed by atoms with Crippen molar-refractivity contribution in [3.8, 4) is 0 Å². The number of hydrogen-bond acceptors (Lipinski definition) is 1. The Morgan fingerprint density at radius 2 is 2.06 bits per heavy atom. The van der Waals surface area contributed by atoms with Crippen LogP contribution in [0.25, 0.3) is 0 Å². The molecule has 0 saturated heterocycles. The van der Waals surface area contributed by atoms with Crippen molar-refractivity contribution in [2.24, 2.45) is 10.9 Å². The van der Waals surface area contributed by atoms with Gasteiger partial charge < -0.3 is 0 Å². The molecule has 0 aromatic heterocycles. The van der Waals surface area contributed by atoms with Crippen LogP contribution in [0, 0.1) is 11.7 Å². The minimum Gasteiger partial charge on any atom is -0.289 e. The second kappa shape index (κ2) is 5.05. The van der Waals surface area contributed by atoms with Crippen LogP contribution in [0.3, 0.4) is 0 Å². The van der Waals surface area contributed by atoms with Gasteiger partial charge in [0.2, 0.25) is 0 Å². The van der Waals surface area contributed by atoms with Gasteiger partial charge in [0.25, 0.3) is 0 Å². The normalized spacial score (nSPS) is 23.1. The molecule has 2 aliphatic rings. The lowest BCUT2D eigenvalue weighted by Gasteiger charge is -2.29. The number of halogens is 1. The van der Waals surface area contributed by atoms with Gasteiger partial charge in [-0.3, -0.25) is 4.99 Å². The van der Waals surface area contributed by atoms with Crippen molar-refractivity contribution in [2.45, 2.75) is 32.1 Å². The molecular weight excluding hydrogens is 225 g/mol. The smallest absolute Gasteiger partial charge is 0.123 e. The Bertz CT molecular complexity index is 484. The standard InChI is InChI=1S/C16H18FN/c17-14-8-6-12(7-9-14)11-13-3-1-5-16-15(13)4-2-10-18-16/h4,6-9,13H,1-3,5,10-11H2/t13-/m1/s1. The van der Waals surface area contributed by atoms with Gasteiger partial charge in [-0.05, 0) is 61.3 Å². The number of dihydropyridines is 1. The highest BCUT2D eigenvalue weighted by Gasteiger charge is 2.25. The highest BCUT2D eigenvalue weighted by atomic mass is 19.1. The Hall–Kier alpha value is -1.44. The average molecular weight is 243 g/mol. The molecule has 94 valence electrons. The first kappa shape index (κ1) is 11.6. The molecule has 1 atom stereocenters. The number of allylic oxidation sites excluding steroid dienone is 1. The third-order valence-electron chi connectivity index (χ3n) is 3.93. The largest absolute Gasteiger partial charge is 0.289 e. The molecule has 1 nitrogen and oxygen atoms in total. The first-order chi connectivity index (χ1) is 8.83. The lowest BCUT2D eigenvalue weighted by Crippen LogP contribution is -2.23. The molecule has 0 N–H and O–H groups in total. The molecule has 0 spiro atoms. The van der Waals surface area contributed by atoms with Crippen molar-refractivity contribution >= 4 is 5.71 Å². The maximum Gasteiger partial charge on any atom is 0.123 e. The fourth-order valence-corrected chi connectivity index (χ4v) is 3.04. The van der Waals surface area contributed by atoms with E-state index in [1.165, 1.54) is 29.7 Å². The Morgan fingerprint density at radius 1 is 1.22 bits per heavy atom. The summed E-state index contributed by atoms with van der Waals surface area (Å²) in [5, 5.41) is 0. The van der Waals surface area contributed by atoms with Crippen LogP contribution in [0.5, 0.6) is 0 Å². The van der Waals surface area contributed by atoms with E-state index in [2.05, 4.69) is 11.1 Å². The average Bonchev–Trinajstić information content (AvgIpc) is 2.42. The first-order valence-electron chi connectivity index (χ1n) is 6.81. The second-order valence-electron chi connectivity index (χ2n) is 5.20. The third kappa shape index (κ3) is 2.38. The Balaban J connectivity index is 1.77. The van der Waals surface area contributed by atoms with E-state index in [0.29, 0.717) is 5.92 Å². The summed E-state index contributed by atoms with van der Waals surface area (Å²) in [6, 6.07) is 6.93. The monoisotopic (exact) mass is 243 g/mol. The lowest BCUT2D eigenvalue weighted by molar-refractivity contribution is 0.523. The quantitative estimate of drug-likeness (QED) is 0.746. The highest BCUT2D eigenvalue weighted by molar-refractivity contribution is 6.01. The van der Waals surface area contributed by atoms with Crippen LogP contribution in [-0.4, -0.2) is 12.3 Å². The number of hydrogen-bond donors (Lipinski definition) is 0. The van der Waals surface area contributed by atoms with Gasteiger partial charge in [-0.15, -0.1) is 0 Å². The second-order valence-corrected chi connectivity index (χ2v) is 5.20. The molecule has 0 amide bonds. The molecule has 18 heavy (non-hydrogen) atoms. The van der Waals surface area contributed by atoms with Gasteiger partial charge in [0, 0.05) is 12.3 Å². The molecule has 1 heterocycles. The summed E-state index contributed by atoms with van der Waals surface area (Å²) >= 11 is 0. The van der Waals surface area contributed by atoms with Crippen LogP contribution in [0.1, 0.15) is 31.2 Å². The minimum atomic E-state index is -0.151. The van der Waals surface area contributed by atoms with Crippen LogP contribution in [0.15, 0.2) is 40.9 Å². The van der Waals surface area contributed by atoms with E-state index >= 15 is 0 Å². The van der Waals surface area contributed by atoms with Crippen molar-refractivity contribution < 1.29 is 4.39 Å². The molecule has 1 aromatic carbocycles. The van der Waals surface area contributed by atoms with Crippen molar-refractivity contribution in [1.29, 1.82) is 0 Å². The molecule has 1 aliphatic carbocycles. The number of nitrogens with zero attached hydrogens (tertiary/aromatic N) is 1. The van der Waals surface area contributed by atoms with Crippen LogP contribution in [0.4, 0.5) is 4.39 Å². The van der Waals surface area contributed by atoms with Crippen molar-refractivity contribution in [2.75, 3.05) is 6.54 Å². The highest BCUT2D eigenvalue weighted by Crippen LogP contribution is 2.32. The first-order valence-corrected chi connectivity index (χ1v) is 6.81. The van der Waals surface area contributed by atoms with E-state index in [0.717, 1.165) is 25.8 Å². The number of aliphatic imine (C=N–C) groups is 1. The van der Waals surface area contributed by atoms with Crippen molar-refractivity contribution in [3.05, 3.63) is 47.3 Å². The van der Waals surface area contributed by atoms with Gasteiger partial charge in [-0.1, -0.05) is 18.2 Å². The number of benzene rings is 1. The summed E-state index contributed by atoms with van der Waals surface area (Å²) in [4.78, 5) is 4.65. The van der Waals surface area contributed by atoms with Crippen molar-refractivity contribution in [3.63, 3.8) is 0 Å². The SMILES string of the molecule is Fc1ccc(C[C@H]2CCCC3=NCCC=C32)cc1. The molecule has 1 saturated carbocycles. The number of rotatable bonds is 2. The summed E-state index contributed by atoms with van der Waals surface area (Å²) in [7, 11) is 0. The van der Waals surface area contributed by atoms with Gasteiger partial charge in [0.1, 0.15) is 5.82 Å². The van der Waals surface area contributed by atoms with Crippen LogP contribution in [-0.2, 0) is 6.42 Å². The summed E-state index contributed by atoms with van der Waals surface area (Å²) in [6.07, 6.45) is 8.09. The minimum absolute atomic E-state index is 0.151. The van der Waals surface area contributed by atoms with Crippen LogP contribution < -0.4 is 0 Å². The lowest BCUT2D eigenvalue weighted by atomic mass is 9.78. The van der Waals surface area contributed by atoms with E-state index in [9.17, 15) is 4.39 Å². The molecule has 2 heteroatoms. The topological polar surface area (TPSA) is 12.4 Å². The van der Waals surface area contributed by atoms with E-state index in [4.69, 9.17) is 0 Å². The van der Waals surface area contributed by atoms with Crippen molar-refractivity contribution in [1.82, 2.24) is 0 Å². The third-order valence-corrected chi connectivity index (χ3v) is 3.93. The van der Waals surface area contributed by atoms with E-state index in [1.54, 1.807) is 12.1 Å². The van der Waals surface area contributed by atoms with Gasteiger partial charge in [0.05, 0.1) is 0 Å². The fourth-order valence-electron chi connectivity index (χ4n) is 3.04. The Labute approximate surface area is 107 Å². The Morgan fingerprint density at radius 3 is 2.89 bits per heavy atom. The maximum absolute atomic E-state index is 12.9. The van der Waals surface area contributed by atoms with Gasteiger partial charge in [-0.25, -0.2) is 4.39 Å². The zero-order chi connectivity index (χ0) is 12.4. The summed E-state index contributed by atoms with van der Waals surface area (Å²) in [5.41, 5.74) is 4.03. The van der Waals surface area contributed by atoms with Crippen LogP contribution >= 0.6 is 0 Å². The maximum atomic E-state index is 12.9. The molecule has 0 radical (unpaired) electrons. The molecule has 0 unspecified atom stereocenters. The van der Waals surface area contributed by atoms with E-state index < -0.39 is 0 Å². The molecule has 1 fully saturated rings. The predicted molar refractivity (Wildman–Crippen MR) is 72.4 cm³/mol. The van der Waals surface area contributed by atoms with Gasteiger partial charge in [-0.2, -0.15) is 0 Å². The number of fused-ring (bicyclic) bond motifs is 1. The van der Waals surface area contributed by atoms with Crippen LogP contribution in [0.2, 0.25) is 0 Å². The molecule has 1 aliphatic heterocycles.